The standard InChI is InChI=1S/C16H23N3/c1-2-3-4-8-11-17-19-14-12-18(13-15-19)16-9-6-5-7-10-16/h4-11H,2-3,12-15H2,1H3/b8-4+,17-11+. The van der Waals surface area contributed by atoms with Gasteiger partial charge in [0.1, 0.15) is 0 Å². The topological polar surface area (TPSA) is 18.8 Å². The lowest BCUT2D eigenvalue weighted by Gasteiger charge is -2.34. The first-order valence-corrected chi connectivity index (χ1v) is 7.14. The molecule has 3 heteroatoms. The zero-order valence-electron chi connectivity index (χ0n) is 11.7. The Morgan fingerprint density at radius 2 is 1.84 bits per heavy atom. The maximum absolute atomic E-state index is 4.48. The molecule has 19 heavy (non-hydrogen) atoms. The van der Waals surface area contributed by atoms with Crippen molar-refractivity contribution in [3.8, 4) is 0 Å². The van der Waals surface area contributed by atoms with E-state index in [1.54, 1.807) is 0 Å². The van der Waals surface area contributed by atoms with Crippen molar-refractivity contribution in [2.24, 2.45) is 5.10 Å². The molecule has 0 aromatic heterocycles. The lowest BCUT2D eigenvalue weighted by Crippen LogP contribution is -2.44. The van der Waals surface area contributed by atoms with Gasteiger partial charge in [0.15, 0.2) is 0 Å². The van der Waals surface area contributed by atoms with Gasteiger partial charge in [-0.25, -0.2) is 0 Å². The predicted molar refractivity (Wildman–Crippen MR) is 82.8 cm³/mol. The molecule has 102 valence electrons. The molecule has 1 fully saturated rings. The minimum absolute atomic E-state index is 0.993. The number of benzene rings is 1. The number of piperazine rings is 1. The maximum atomic E-state index is 4.48. The van der Waals surface area contributed by atoms with Crippen molar-refractivity contribution in [3.63, 3.8) is 0 Å². The van der Waals surface area contributed by atoms with Gasteiger partial charge in [-0.3, -0.25) is 5.01 Å². The first-order valence-electron chi connectivity index (χ1n) is 7.14. The molecule has 0 unspecified atom stereocenters. The van der Waals surface area contributed by atoms with E-state index in [1.165, 1.54) is 12.1 Å². The lowest BCUT2D eigenvalue weighted by atomic mass is 10.2. The van der Waals surface area contributed by atoms with Gasteiger partial charge in [-0.1, -0.05) is 37.6 Å². The Morgan fingerprint density at radius 3 is 2.53 bits per heavy atom. The first-order chi connectivity index (χ1) is 9.40. The molecule has 1 saturated heterocycles. The van der Waals surface area contributed by atoms with E-state index in [1.807, 2.05) is 12.3 Å². The van der Waals surface area contributed by atoms with E-state index in [2.05, 4.69) is 58.3 Å². The van der Waals surface area contributed by atoms with E-state index in [9.17, 15) is 0 Å². The third-order valence-electron chi connectivity index (χ3n) is 3.28. The summed E-state index contributed by atoms with van der Waals surface area (Å²) in [5.41, 5.74) is 1.31. The molecule has 1 aromatic rings. The molecule has 1 aliphatic rings. The minimum Gasteiger partial charge on any atom is -0.368 e. The van der Waals surface area contributed by atoms with Crippen LogP contribution in [0.1, 0.15) is 19.8 Å². The van der Waals surface area contributed by atoms with Crippen molar-refractivity contribution in [1.29, 1.82) is 0 Å². The molecule has 1 aromatic carbocycles. The van der Waals surface area contributed by atoms with Crippen LogP contribution in [0.15, 0.2) is 47.6 Å². The van der Waals surface area contributed by atoms with Crippen LogP contribution in [-0.2, 0) is 0 Å². The van der Waals surface area contributed by atoms with Gasteiger partial charge in [0.2, 0.25) is 0 Å². The number of hydrazone groups is 1. The van der Waals surface area contributed by atoms with Gasteiger partial charge in [-0.2, -0.15) is 5.10 Å². The van der Waals surface area contributed by atoms with Crippen LogP contribution in [0.25, 0.3) is 0 Å². The van der Waals surface area contributed by atoms with Gasteiger partial charge in [0.25, 0.3) is 0 Å². The fourth-order valence-electron chi connectivity index (χ4n) is 2.16. The third kappa shape index (κ3) is 4.43. The molecule has 0 N–H and O–H groups in total. The Morgan fingerprint density at radius 1 is 1.11 bits per heavy atom. The number of nitrogens with zero attached hydrogens (tertiary/aromatic N) is 3. The van der Waals surface area contributed by atoms with Gasteiger partial charge in [-0.05, 0) is 24.6 Å². The van der Waals surface area contributed by atoms with E-state index >= 15 is 0 Å². The van der Waals surface area contributed by atoms with Crippen LogP contribution < -0.4 is 4.90 Å². The summed E-state index contributed by atoms with van der Waals surface area (Å²) in [6, 6.07) is 10.6. The zero-order valence-corrected chi connectivity index (χ0v) is 11.7. The monoisotopic (exact) mass is 257 g/mol. The average molecular weight is 257 g/mol. The van der Waals surface area contributed by atoms with E-state index in [-0.39, 0.29) is 0 Å². The van der Waals surface area contributed by atoms with Crippen LogP contribution >= 0.6 is 0 Å². The Kier molecular flexibility index (Phi) is 5.48. The largest absolute Gasteiger partial charge is 0.368 e. The molecule has 0 aliphatic carbocycles. The summed E-state index contributed by atoms with van der Waals surface area (Å²) in [7, 11) is 0. The summed E-state index contributed by atoms with van der Waals surface area (Å²) in [5.74, 6) is 0. The predicted octanol–water partition coefficient (Wildman–Crippen LogP) is 3.15. The number of anilines is 1. The summed E-state index contributed by atoms with van der Waals surface area (Å²) in [5, 5.41) is 6.63. The molecule has 2 rings (SSSR count). The fraction of sp³-hybridized carbons (Fsp3) is 0.438. The normalized spacial score (nSPS) is 16.7. The Labute approximate surface area is 116 Å². The molecule has 0 bridgehead atoms. The summed E-state index contributed by atoms with van der Waals surface area (Å²) >= 11 is 0. The van der Waals surface area contributed by atoms with Crippen LogP contribution in [0.2, 0.25) is 0 Å². The van der Waals surface area contributed by atoms with Gasteiger partial charge < -0.3 is 4.90 Å². The van der Waals surface area contributed by atoms with Gasteiger partial charge in [0, 0.05) is 25.0 Å². The van der Waals surface area contributed by atoms with Crippen molar-refractivity contribution in [2.45, 2.75) is 19.8 Å². The van der Waals surface area contributed by atoms with E-state index in [0.717, 1.165) is 32.6 Å². The van der Waals surface area contributed by atoms with Gasteiger partial charge >= 0.3 is 0 Å². The molecule has 0 saturated carbocycles. The van der Waals surface area contributed by atoms with E-state index < -0.39 is 0 Å². The highest BCUT2D eigenvalue weighted by Crippen LogP contribution is 2.15. The molecule has 3 nitrogen and oxygen atoms in total. The number of allylic oxidation sites excluding steroid dienone is 2. The highest BCUT2D eigenvalue weighted by Gasteiger charge is 2.14. The first kappa shape index (κ1) is 13.7. The number of unbranched alkanes of at least 4 members (excludes halogenated alkanes) is 1. The smallest absolute Gasteiger partial charge is 0.0536 e. The van der Waals surface area contributed by atoms with Crippen LogP contribution in [-0.4, -0.2) is 37.4 Å². The Bertz CT molecular complexity index is 403. The van der Waals surface area contributed by atoms with Crippen LogP contribution in [0.3, 0.4) is 0 Å². The van der Waals surface area contributed by atoms with Crippen molar-refractivity contribution in [2.75, 3.05) is 31.1 Å². The van der Waals surface area contributed by atoms with Crippen molar-refractivity contribution in [1.82, 2.24) is 5.01 Å². The number of rotatable bonds is 5. The minimum atomic E-state index is 0.993. The maximum Gasteiger partial charge on any atom is 0.0536 e. The van der Waals surface area contributed by atoms with E-state index in [4.69, 9.17) is 0 Å². The van der Waals surface area contributed by atoms with Crippen LogP contribution in [0.4, 0.5) is 5.69 Å². The fourth-order valence-corrected chi connectivity index (χ4v) is 2.16. The number of hydrogen-bond acceptors (Lipinski definition) is 3. The summed E-state index contributed by atoms with van der Waals surface area (Å²) in [6.07, 6.45) is 8.46. The highest BCUT2D eigenvalue weighted by molar-refractivity contribution is 5.70. The summed E-state index contributed by atoms with van der Waals surface area (Å²) < 4.78 is 0. The van der Waals surface area contributed by atoms with Crippen LogP contribution in [0.5, 0.6) is 0 Å². The molecule has 1 heterocycles. The second-order valence-electron chi connectivity index (χ2n) is 4.76. The molecule has 0 spiro atoms. The highest BCUT2D eigenvalue weighted by atomic mass is 15.5. The Balaban J connectivity index is 1.76. The van der Waals surface area contributed by atoms with Gasteiger partial charge in [0.05, 0.1) is 13.1 Å². The van der Waals surface area contributed by atoms with Crippen molar-refractivity contribution < 1.29 is 0 Å². The SMILES string of the molecule is CCC/C=C/C=N/N1CCN(c2ccccc2)CC1. The number of hydrogen-bond donors (Lipinski definition) is 0. The Hall–Kier alpha value is -1.77. The van der Waals surface area contributed by atoms with Crippen molar-refractivity contribution in [3.05, 3.63) is 42.5 Å². The molecular weight excluding hydrogens is 234 g/mol. The van der Waals surface area contributed by atoms with E-state index in [0.29, 0.717) is 0 Å². The van der Waals surface area contributed by atoms with Crippen LogP contribution in [0, 0.1) is 0 Å². The van der Waals surface area contributed by atoms with Crippen molar-refractivity contribution >= 4 is 11.9 Å². The third-order valence-corrected chi connectivity index (χ3v) is 3.28. The lowest BCUT2D eigenvalue weighted by molar-refractivity contribution is 0.272. The van der Waals surface area contributed by atoms with Gasteiger partial charge in [-0.15, -0.1) is 0 Å². The zero-order chi connectivity index (χ0) is 13.3. The average Bonchev–Trinajstić information content (AvgIpc) is 2.49. The molecule has 0 atom stereocenters. The molecular formula is C16H23N3. The quantitative estimate of drug-likeness (QED) is 0.755. The second kappa shape index (κ2) is 7.62. The summed E-state index contributed by atoms with van der Waals surface area (Å²) in [4.78, 5) is 2.42. The molecule has 0 radical (unpaired) electrons. The summed E-state index contributed by atoms with van der Waals surface area (Å²) in [6.45, 7) is 6.25. The molecule has 0 amide bonds. The number of para-hydroxylation sites is 1. The second-order valence-corrected chi connectivity index (χ2v) is 4.76. The molecule has 1 aliphatic heterocycles.